The van der Waals surface area contributed by atoms with E-state index < -0.39 is 6.09 Å². The molecule has 0 bridgehead atoms. The van der Waals surface area contributed by atoms with E-state index in [0.29, 0.717) is 19.5 Å². The van der Waals surface area contributed by atoms with E-state index in [-0.39, 0.29) is 18.6 Å². The van der Waals surface area contributed by atoms with Gasteiger partial charge in [0, 0.05) is 33.1 Å². The van der Waals surface area contributed by atoms with Crippen LogP contribution < -0.4 is 5.32 Å². The summed E-state index contributed by atoms with van der Waals surface area (Å²) in [6.45, 7) is 5.09. The summed E-state index contributed by atoms with van der Waals surface area (Å²) in [6.07, 6.45) is 0.0755. The van der Waals surface area contributed by atoms with Gasteiger partial charge in [-0.3, -0.25) is 4.79 Å². The number of hydrogen-bond acceptors (Lipinski definition) is 4. The molecule has 2 rings (SSSR count). The minimum atomic E-state index is -0.448. The lowest BCUT2D eigenvalue weighted by molar-refractivity contribution is -0.131. The summed E-state index contributed by atoms with van der Waals surface area (Å²) in [5.74, 6) is 0.104. The van der Waals surface area contributed by atoms with Crippen molar-refractivity contribution >= 4 is 12.0 Å². The summed E-state index contributed by atoms with van der Waals surface area (Å²) in [5.41, 5.74) is 0.947. The molecular weight excluding hydrogens is 294 g/mol. The number of carbonyl (C=O) groups excluding carboxylic acids is 2. The lowest BCUT2D eigenvalue weighted by atomic mass is 10.2. The molecule has 1 saturated heterocycles. The van der Waals surface area contributed by atoms with Gasteiger partial charge < -0.3 is 19.9 Å². The highest BCUT2D eigenvalue weighted by atomic mass is 16.5. The number of benzene rings is 1. The maximum atomic E-state index is 12.0. The zero-order chi connectivity index (χ0) is 16.7. The molecule has 6 nitrogen and oxygen atoms in total. The van der Waals surface area contributed by atoms with Gasteiger partial charge in [-0.2, -0.15) is 0 Å². The van der Waals surface area contributed by atoms with Crippen molar-refractivity contribution in [3.05, 3.63) is 35.9 Å². The molecule has 1 aliphatic heterocycles. The number of nitrogens with one attached hydrogen (secondary N) is 1. The van der Waals surface area contributed by atoms with E-state index in [1.165, 1.54) is 0 Å². The van der Waals surface area contributed by atoms with Crippen molar-refractivity contribution in [2.75, 3.05) is 33.2 Å². The van der Waals surface area contributed by atoms with Crippen molar-refractivity contribution < 1.29 is 14.3 Å². The fourth-order valence-corrected chi connectivity index (χ4v) is 2.65. The molecule has 0 aliphatic carbocycles. The molecule has 1 aromatic rings. The van der Waals surface area contributed by atoms with Crippen LogP contribution in [0.5, 0.6) is 0 Å². The standard InChI is InChI=1S/C17H25N3O3/c1-3-20-10-9-16(21)19(2)11-15(12-20)18-17(22)23-13-14-7-5-4-6-8-14/h4-8,15H,3,9-13H2,1-2H3,(H,18,22)/t15-/m1/s1. The first-order valence-electron chi connectivity index (χ1n) is 8.02. The van der Waals surface area contributed by atoms with Crippen molar-refractivity contribution in [2.24, 2.45) is 0 Å². The van der Waals surface area contributed by atoms with E-state index in [9.17, 15) is 9.59 Å². The second kappa shape index (κ2) is 8.53. The molecule has 1 fully saturated rings. The molecule has 1 aromatic carbocycles. The van der Waals surface area contributed by atoms with Gasteiger partial charge in [0.25, 0.3) is 0 Å². The van der Waals surface area contributed by atoms with Gasteiger partial charge in [-0.05, 0) is 12.1 Å². The Morgan fingerprint density at radius 2 is 2.04 bits per heavy atom. The predicted octanol–water partition coefficient (Wildman–Crippen LogP) is 1.47. The number of amides is 2. The fraction of sp³-hybridized carbons (Fsp3) is 0.529. The van der Waals surface area contributed by atoms with Gasteiger partial charge >= 0.3 is 6.09 Å². The summed E-state index contributed by atoms with van der Waals surface area (Å²) < 4.78 is 5.26. The number of nitrogens with zero attached hydrogens (tertiary/aromatic N) is 2. The highest BCUT2D eigenvalue weighted by molar-refractivity contribution is 5.76. The van der Waals surface area contributed by atoms with Crippen LogP contribution in [0, 0.1) is 0 Å². The number of rotatable bonds is 4. The summed E-state index contributed by atoms with van der Waals surface area (Å²) >= 11 is 0. The zero-order valence-electron chi connectivity index (χ0n) is 13.8. The summed E-state index contributed by atoms with van der Waals surface area (Å²) in [4.78, 5) is 27.8. The van der Waals surface area contributed by atoms with Gasteiger partial charge in [0.1, 0.15) is 6.61 Å². The molecular formula is C17H25N3O3. The van der Waals surface area contributed by atoms with Crippen molar-refractivity contribution in [3.8, 4) is 0 Å². The fourth-order valence-electron chi connectivity index (χ4n) is 2.65. The Bertz CT molecular complexity index is 521. The third kappa shape index (κ3) is 5.56. The van der Waals surface area contributed by atoms with Crippen molar-refractivity contribution in [1.29, 1.82) is 0 Å². The largest absolute Gasteiger partial charge is 0.445 e. The second-order valence-corrected chi connectivity index (χ2v) is 5.82. The smallest absolute Gasteiger partial charge is 0.407 e. The lowest BCUT2D eigenvalue weighted by Gasteiger charge is -2.33. The van der Waals surface area contributed by atoms with Crippen molar-refractivity contribution in [2.45, 2.75) is 26.0 Å². The van der Waals surface area contributed by atoms with Crippen LogP contribution in [0.15, 0.2) is 30.3 Å². The van der Waals surface area contributed by atoms with Gasteiger partial charge in [-0.25, -0.2) is 4.79 Å². The van der Waals surface area contributed by atoms with E-state index in [2.05, 4.69) is 17.1 Å². The second-order valence-electron chi connectivity index (χ2n) is 5.82. The Kier molecular flexibility index (Phi) is 6.40. The van der Waals surface area contributed by atoms with Gasteiger partial charge in [0.2, 0.25) is 5.91 Å². The van der Waals surface area contributed by atoms with Gasteiger partial charge in [0.15, 0.2) is 0 Å². The Morgan fingerprint density at radius 3 is 2.74 bits per heavy atom. The first-order valence-corrected chi connectivity index (χ1v) is 8.02. The van der Waals surface area contributed by atoms with Crippen LogP contribution in [-0.4, -0.2) is 61.1 Å². The van der Waals surface area contributed by atoms with Crippen LogP contribution in [0.2, 0.25) is 0 Å². The van der Waals surface area contributed by atoms with E-state index in [0.717, 1.165) is 18.7 Å². The minimum absolute atomic E-state index is 0.104. The topological polar surface area (TPSA) is 61.9 Å². The van der Waals surface area contributed by atoms with E-state index in [1.54, 1.807) is 11.9 Å². The quantitative estimate of drug-likeness (QED) is 0.913. The average Bonchev–Trinajstić information content (AvgIpc) is 2.56. The Morgan fingerprint density at radius 1 is 1.30 bits per heavy atom. The number of ether oxygens (including phenoxy) is 1. The van der Waals surface area contributed by atoms with Gasteiger partial charge in [-0.1, -0.05) is 37.3 Å². The zero-order valence-corrected chi connectivity index (χ0v) is 13.8. The third-order valence-electron chi connectivity index (χ3n) is 4.02. The highest BCUT2D eigenvalue weighted by Crippen LogP contribution is 2.06. The van der Waals surface area contributed by atoms with Crippen LogP contribution in [-0.2, 0) is 16.1 Å². The monoisotopic (exact) mass is 319 g/mol. The van der Waals surface area contributed by atoms with E-state index >= 15 is 0 Å². The van der Waals surface area contributed by atoms with Crippen molar-refractivity contribution in [1.82, 2.24) is 15.1 Å². The number of carbonyl (C=O) groups is 2. The number of likely N-dealkylation sites (N-methyl/N-ethyl adjacent to an activating group) is 2. The Hall–Kier alpha value is -2.08. The molecule has 1 heterocycles. The maximum absolute atomic E-state index is 12.0. The molecule has 0 unspecified atom stereocenters. The Balaban J connectivity index is 1.87. The molecule has 2 amide bonds. The van der Waals surface area contributed by atoms with Gasteiger partial charge in [-0.15, -0.1) is 0 Å². The first-order chi connectivity index (χ1) is 11.1. The van der Waals surface area contributed by atoms with Crippen LogP contribution in [0.3, 0.4) is 0 Å². The predicted molar refractivity (Wildman–Crippen MR) is 87.9 cm³/mol. The SMILES string of the molecule is CCN1CCC(=O)N(C)C[C@@H](NC(=O)OCc2ccccc2)C1. The average molecular weight is 319 g/mol. The van der Waals surface area contributed by atoms with E-state index in [4.69, 9.17) is 4.74 Å². The lowest BCUT2D eigenvalue weighted by Crippen LogP contribution is -2.53. The molecule has 126 valence electrons. The number of alkyl carbamates (subject to hydrolysis) is 1. The normalized spacial score (nSPS) is 19.8. The first kappa shape index (κ1) is 17.3. The molecule has 6 heteroatoms. The van der Waals surface area contributed by atoms with Gasteiger partial charge in [0.05, 0.1) is 6.04 Å². The van der Waals surface area contributed by atoms with Crippen LogP contribution in [0.25, 0.3) is 0 Å². The molecule has 0 radical (unpaired) electrons. The van der Waals surface area contributed by atoms with Crippen LogP contribution in [0.4, 0.5) is 4.79 Å². The summed E-state index contributed by atoms with van der Waals surface area (Å²) in [7, 11) is 1.77. The molecule has 0 spiro atoms. The minimum Gasteiger partial charge on any atom is -0.445 e. The highest BCUT2D eigenvalue weighted by Gasteiger charge is 2.24. The summed E-state index contributed by atoms with van der Waals surface area (Å²) in [5, 5.41) is 2.88. The molecule has 0 saturated carbocycles. The molecule has 1 aliphatic rings. The van der Waals surface area contributed by atoms with Crippen LogP contribution in [0.1, 0.15) is 18.9 Å². The maximum Gasteiger partial charge on any atom is 0.407 e. The summed E-state index contributed by atoms with van der Waals surface area (Å²) in [6, 6.07) is 9.43. The number of hydrogen-bond donors (Lipinski definition) is 1. The Labute approximate surface area is 137 Å². The molecule has 23 heavy (non-hydrogen) atoms. The van der Waals surface area contributed by atoms with Crippen LogP contribution >= 0.6 is 0 Å². The molecule has 1 atom stereocenters. The van der Waals surface area contributed by atoms with E-state index in [1.807, 2.05) is 30.3 Å². The third-order valence-corrected chi connectivity index (χ3v) is 4.02. The van der Waals surface area contributed by atoms with Crippen molar-refractivity contribution in [3.63, 3.8) is 0 Å². The molecule has 0 aromatic heterocycles. The molecule has 1 N–H and O–H groups in total.